The summed E-state index contributed by atoms with van der Waals surface area (Å²) in [5, 5.41) is 10.2. The van der Waals surface area contributed by atoms with Crippen molar-refractivity contribution in [2.75, 3.05) is 0 Å². The first kappa shape index (κ1) is 20.3. The summed E-state index contributed by atoms with van der Waals surface area (Å²) >= 11 is 0. The summed E-state index contributed by atoms with van der Waals surface area (Å²) in [6, 6.07) is 37.4. The second kappa shape index (κ2) is 7.20. The van der Waals surface area contributed by atoms with Crippen molar-refractivity contribution in [1.82, 2.24) is 0 Å². The smallest absolute Gasteiger partial charge is 0.139 e. The van der Waals surface area contributed by atoms with Crippen LogP contribution in [0.15, 0.2) is 108 Å². The lowest BCUT2D eigenvalue weighted by molar-refractivity contribution is 0.573. The fourth-order valence-electron chi connectivity index (χ4n) is 5.75. The minimum atomic E-state index is 0.0104. The fraction of sp³-hybridized carbons (Fsp3) is 0.118. The van der Waals surface area contributed by atoms with E-state index in [-0.39, 0.29) is 5.41 Å². The maximum absolute atomic E-state index is 6.49. The first-order chi connectivity index (χ1) is 17.0. The van der Waals surface area contributed by atoms with Crippen molar-refractivity contribution in [2.45, 2.75) is 26.2 Å². The van der Waals surface area contributed by atoms with E-state index in [1.54, 1.807) is 0 Å². The van der Waals surface area contributed by atoms with E-state index in [2.05, 4.69) is 124 Å². The Balaban J connectivity index is 1.58. The highest BCUT2D eigenvalue weighted by Gasteiger charge is 2.22. The minimum absolute atomic E-state index is 0.0104. The second-order valence-electron chi connectivity index (χ2n) is 10.6. The van der Waals surface area contributed by atoms with E-state index in [0.29, 0.717) is 0 Å². The van der Waals surface area contributed by atoms with Gasteiger partial charge in [-0.1, -0.05) is 112 Å². The number of para-hydroxylation sites is 1. The Labute approximate surface area is 204 Å². The van der Waals surface area contributed by atoms with Crippen LogP contribution in [0.2, 0.25) is 0 Å². The third kappa shape index (κ3) is 2.94. The van der Waals surface area contributed by atoms with Gasteiger partial charge in [0.1, 0.15) is 11.2 Å². The van der Waals surface area contributed by atoms with Crippen LogP contribution in [0.25, 0.3) is 65.4 Å². The second-order valence-corrected chi connectivity index (χ2v) is 10.6. The number of hydrogen-bond acceptors (Lipinski definition) is 1. The van der Waals surface area contributed by atoms with Crippen LogP contribution in [0.1, 0.15) is 26.3 Å². The van der Waals surface area contributed by atoms with Crippen LogP contribution in [0.3, 0.4) is 0 Å². The molecule has 0 atom stereocenters. The molecule has 1 heterocycles. The molecule has 0 saturated carbocycles. The molecule has 0 spiro atoms. The van der Waals surface area contributed by atoms with E-state index in [0.717, 1.165) is 11.2 Å². The Morgan fingerprint density at radius 1 is 0.514 bits per heavy atom. The number of hydrogen-bond donors (Lipinski definition) is 0. The quantitative estimate of drug-likeness (QED) is 0.227. The van der Waals surface area contributed by atoms with Gasteiger partial charge in [-0.3, -0.25) is 0 Å². The van der Waals surface area contributed by atoms with Crippen molar-refractivity contribution >= 4 is 54.3 Å². The largest absolute Gasteiger partial charge is 0.456 e. The van der Waals surface area contributed by atoms with E-state index in [1.807, 2.05) is 0 Å². The summed E-state index contributed by atoms with van der Waals surface area (Å²) < 4.78 is 6.49. The molecule has 0 N–H and O–H groups in total. The third-order valence-corrected chi connectivity index (χ3v) is 7.39. The standard InChI is InChI=1S/C34H26O/c1-34(2,3)30-16-8-15-28-32-22(14-9-17-31(32)35-33(28)30)21-18-19-27-25-12-5-4-10-23(25)24-11-6-7-13-26(24)29(27)20-21/h4-20H,1-3H3. The average molecular weight is 451 g/mol. The Morgan fingerprint density at radius 3 is 1.74 bits per heavy atom. The van der Waals surface area contributed by atoms with Crippen LogP contribution in [-0.4, -0.2) is 0 Å². The van der Waals surface area contributed by atoms with Gasteiger partial charge in [0.15, 0.2) is 0 Å². The van der Waals surface area contributed by atoms with Crippen LogP contribution in [0.5, 0.6) is 0 Å². The molecule has 0 aliphatic rings. The monoisotopic (exact) mass is 450 g/mol. The van der Waals surface area contributed by atoms with Crippen molar-refractivity contribution in [2.24, 2.45) is 0 Å². The summed E-state index contributed by atoms with van der Waals surface area (Å²) in [6.45, 7) is 6.73. The molecule has 0 aliphatic heterocycles. The zero-order chi connectivity index (χ0) is 23.7. The average Bonchev–Trinajstić information content (AvgIpc) is 3.27. The van der Waals surface area contributed by atoms with Crippen LogP contribution < -0.4 is 0 Å². The Hall–Kier alpha value is -4.10. The molecule has 168 valence electrons. The molecule has 0 radical (unpaired) electrons. The van der Waals surface area contributed by atoms with Crippen LogP contribution in [0, 0.1) is 0 Å². The van der Waals surface area contributed by atoms with Crippen LogP contribution in [-0.2, 0) is 5.41 Å². The summed E-state index contributed by atoms with van der Waals surface area (Å²) in [5.74, 6) is 0. The summed E-state index contributed by atoms with van der Waals surface area (Å²) in [5.41, 5.74) is 5.63. The molecule has 7 aromatic rings. The summed E-state index contributed by atoms with van der Waals surface area (Å²) in [7, 11) is 0. The van der Waals surface area contributed by atoms with E-state index < -0.39 is 0 Å². The fourth-order valence-corrected chi connectivity index (χ4v) is 5.75. The zero-order valence-corrected chi connectivity index (χ0v) is 20.2. The van der Waals surface area contributed by atoms with Gasteiger partial charge in [0.2, 0.25) is 0 Å². The van der Waals surface area contributed by atoms with Gasteiger partial charge in [-0.15, -0.1) is 0 Å². The van der Waals surface area contributed by atoms with Crippen molar-refractivity contribution in [3.63, 3.8) is 0 Å². The van der Waals surface area contributed by atoms with Crippen LogP contribution >= 0.6 is 0 Å². The highest BCUT2D eigenvalue weighted by Crippen LogP contribution is 2.42. The molecule has 0 fully saturated rings. The Morgan fingerprint density at radius 2 is 1.09 bits per heavy atom. The molecule has 0 unspecified atom stereocenters. The molecule has 6 aromatic carbocycles. The maximum Gasteiger partial charge on any atom is 0.139 e. The Kier molecular flexibility index (Phi) is 4.17. The Bertz CT molecular complexity index is 1890. The SMILES string of the molecule is CC(C)(C)c1cccc2c1oc1cccc(-c3ccc4c5ccccc5c5ccccc5c4c3)c12. The highest BCUT2D eigenvalue weighted by molar-refractivity contribution is 6.26. The number of fused-ring (bicyclic) bond motifs is 9. The normalized spacial score (nSPS) is 12.4. The lowest BCUT2D eigenvalue weighted by atomic mass is 9.85. The first-order valence-corrected chi connectivity index (χ1v) is 12.3. The molecule has 1 nitrogen and oxygen atoms in total. The van der Waals surface area contributed by atoms with Gasteiger partial charge in [0, 0.05) is 16.3 Å². The molecule has 1 aromatic heterocycles. The van der Waals surface area contributed by atoms with E-state index in [4.69, 9.17) is 4.42 Å². The topological polar surface area (TPSA) is 13.1 Å². The predicted octanol–water partition coefficient (Wildman–Crippen LogP) is 10.0. The lowest BCUT2D eigenvalue weighted by Gasteiger charge is -2.18. The molecule has 0 aliphatic carbocycles. The van der Waals surface area contributed by atoms with E-state index in [9.17, 15) is 0 Å². The van der Waals surface area contributed by atoms with Gasteiger partial charge in [-0.25, -0.2) is 0 Å². The van der Waals surface area contributed by atoms with Crippen LogP contribution in [0.4, 0.5) is 0 Å². The van der Waals surface area contributed by atoms with Gasteiger partial charge >= 0.3 is 0 Å². The minimum Gasteiger partial charge on any atom is -0.456 e. The predicted molar refractivity (Wildman–Crippen MR) is 150 cm³/mol. The molecular weight excluding hydrogens is 424 g/mol. The molecule has 7 rings (SSSR count). The molecular formula is C34H26O. The molecule has 0 bridgehead atoms. The highest BCUT2D eigenvalue weighted by atomic mass is 16.3. The van der Waals surface area contributed by atoms with E-state index >= 15 is 0 Å². The van der Waals surface area contributed by atoms with Gasteiger partial charge < -0.3 is 4.42 Å². The zero-order valence-electron chi connectivity index (χ0n) is 20.2. The van der Waals surface area contributed by atoms with Crippen molar-refractivity contribution < 1.29 is 4.42 Å². The number of furan rings is 1. The van der Waals surface area contributed by atoms with Crippen molar-refractivity contribution in [1.29, 1.82) is 0 Å². The van der Waals surface area contributed by atoms with Crippen molar-refractivity contribution in [3.8, 4) is 11.1 Å². The van der Waals surface area contributed by atoms with Gasteiger partial charge in [0.25, 0.3) is 0 Å². The maximum atomic E-state index is 6.49. The molecule has 0 saturated heterocycles. The summed E-state index contributed by atoms with van der Waals surface area (Å²) in [4.78, 5) is 0. The lowest BCUT2D eigenvalue weighted by Crippen LogP contribution is -2.10. The molecule has 0 amide bonds. The van der Waals surface area contributed by atoms with Gasteiger partial charge in [-0.05, 0) is 61.0 Å². The molecule has 1 heteroatoms. The first-order valence-electron chi connectivity index (χ1n) is 12.3. The molecule has 35 heavy (non-hydrogen) atoms. The summed E-state index contributed by atoms with van der Waals surface area (Å²) in [6.07, 6.45) is 0. The van der Waals surface area contributed by atoms with E-state index in [1.165, 1.54) is 59.8 Å². The number of rotatable bonds is 1. The van der Waals surface area contributed by atoms with Crippen molar-refractivity contribution in [3.05, 3.63) is 109 Å². The van der Waals surface area contributed by atoms with Gasteiger partial charge in [-0.2, -0.15) is 0 Å². The van der Waals surface area contributed by atoms with Gasteiger partial charge in [0.05, 0.1) is 0 Å². The number of benzene rings is 6. The third-order valence-electron chi connectivity index (χ3n) is 7.39.